The molecule has 0 bridgehead atoms. The predicted molar refractivity (Wildman–Crippen MR) is 139 cm³/mol. The molecule has 2 heterocycles. The van der Waals surface area contributed by atoms with E-state index in [-0.39, 0.29) is 5.91 Å². The van der Waals surface area contributed by atoms with Crippen molar-refractivity contribution < 1.29 is 14.3 Å². The van der Waals surface area contributed by atoms with Crippen molar-refractivity contribution in [3.05, 3.63) is 105 Å². The number of amides is 1. The molecule has 0 radical (unpaired) electrons. The van der Waals surface area contributed by atoms with Gasteiger partial charge in [0.15, 0.2) is 0 Å². The Bertz CT molecular complexity index is 1370. The molecule has 0 fully saturated rings. The van der Waals surface area contributed by atoms with E-state index in [4.69, 9.17) is 4.74 Å². The minimum absolute atomic E-state index is 0.195. The molecule has 0 saturated carbocycles. The normalized spacial score (nSPS) is 14.9. The van der Waals surface area contributed by atoms with E-state index in [1.54, 1.807) is 11.8 Å². The van der Waals surface area contributed by atoms with Crippen molar-refractivity contribution in [1.29, 1.82) is 0 Å². The second-order valence-electron chi connectivity index (χ2n) is 9.39. The molecule has 1 aliphatic heterocycles. The maximum atomic E-state index is 13.6. The summed E-state index contributed by atoms with van der Waals surface area (Å²) in [6.07, 6.45) is 1.83. The van der Waals surface area contributed by atoms with Crippen LogP contribution in [0, 0.1) is 34.6 Å². The summed E-state index contributed by atoms with van der Waals surface area (Å²) in [4.78, 5) is 28.0. The maximum absolute atomic E-state index is 13.6. The Kier molecular flexibility index (Phi) is 6.53. The Morgan fingerprint density at radius 1 is 0.886 bits per heavy atom. The molecular weight excluding hydrogens is 436 g/mol. The number of allylic oxidation sites excluding steroid dienone is 1. The summed E-state index contributed by atoms with van der Waals surface area (Å²) in [6, 6.07) is 16.6. The Morgan fingerprint density at radius 2 is 1.51 bits per heavy atom. The average molecular weight is 469 g/mol. The van der Waals surface area contributed by atoms with Gasteiger partial charge in [0.1, 0.15) is 0 Å². The molecule has 5 nitrogen and oxygen atoms in total. The zero-order valence-electron chi connectivity index (χ0n) is 21.5. The van der Waals surface area contributed by atoms with Gasteiger partial charge in [-0.3, -0.25) is 4.79 Å². The van der Waals surface area contributed by atoms with Gasteiger partial charge in [-0.25, -0.2) is 4.79 Å². The second kappa shape index (κ2) is 9.41. The highest BCUT2D eigenvalue weighted by Gasteiger charge is 2.37. The van der Waals surface area contributed by atoms with Crippen LogP contribution in [-0.2, 0) is 20.9 Å². The highest BCUT2D eigenvalue weighted by Crippen LogP contribution is 2.34. The van der Waals surface area contributed by atoms with E-state index in [0.717, 1.165) is 33.8 Å². The lowest BCUT2D eigenvalue weighted by atomic mass is 10.0. The van der Waals surface area contributed by atoms with Gasteiger partial charge in [-0.2, -0.15) is 0 Å². The lowest BCUT2D eigenvalue weighted by Gasteiger charge is -2.18. The summed E-state index contributed by atoms with van der Waals surface area (Å²) in [6.45, 7) is 12.5. The third-order valence-electron chi connectivity index (χ3n) is 6.60. The monoisotopic (exact) mass is 468 g/mol. The number of nitrogens with zero attached hydrogens (tertiary/aromatic N) is 2. The lowest BCUT2D eigenvalue weighted by Crippen LogP contribution is -2.24. The number of aromatic nitrogens is 1. The van der Waals surface area contributed by atoms with E-state index >= 15 is 0 Å². The van der Waals surface area contributed by atoms with Gasteiger partial charge in [0.05, 0.1) is 24.8 Å². The van der Waals surface area contributed by atoms with Crippen LogP contribution >= 0.6 is 0 Å². The summed E-state index contributed by atoms with van der Waals surface area (Å²) < 4.78 is 7.25. The number of aryl methyl sites for hydroxylation is 4. The van der Waals surface area contributed by atoms with Crippen molar-refractivity contribution in [3.63, 3.8) is 0 Å². The molecule has 35 heavy (non-hydrogen) atoms. The van der Waals surface area contributed by atoms with Crippen molar-refractivity contribution >= 4 is 18.0 Å². The number of carbonyl (C=O) groups excluding carboxylic acids is 2. The van der Waals surface area contributed by atoms with Gasteiger partial charge < -0.3 is 14.2 Å². The van der Waals surface area contributed by atoms with Gasteiger partial charge in [0.25, 0.3) is 5.91 Å². The van der Waals surface area contributed by atoms with E-state index in [9.17, 15) is 9.59 Å². The van der Waals surface area contributed by atoms with Crippen LogP contribution in [-0.4, -0.2) is 28.5 Å². The van der Waals surface area contributed by atoms with Crippen molar-refractivity contribution in [2.45, 2.75) is 48.1 Å². The first-order chi connectivity index (χ1) is 16.6. The molecule has 180 valence electrons. The van der Waals surface area contributed by atoms with Crippen molar-refractivity contribution in [2.75, 3.05) is 7.11 Å². The molecule has 5 heteroatoms. The number of hydrogen-bond acceptors (Lipinski definition) is 3. The number of hydrogen-bond donors (Lipinski definition) is 0. The number of rotatable bonds is 5. The first kappa shape index (κ1) is 24.3. The van der Waals surface area contributed by atoms with Crippen LogP contribution in [0.1, 0.15) is 46.1 Å². The van der Waals surface area contributed by atoms with Gasteiger partial charge in [-0.05, 0) is 88.1 Å². The standard InChI is InChI=1S/C30H32N2O3/c1-18-8-10-24(11-9-18)17-31-23(6)28(30(34)35-7)27(29(31)33)16-25-15-21(4)32(22(25)5)26-13-19(2)12-20(3)14-26/h8-16H,17H2,1-7H3/b27-16-. The zero-order valence-corrected chi connectivity index (χ0v) is 21.5. The van der Waals surface area contributed by atoms with Crippen LogP contribution in [0.3, 0.4) is 0 Å². The average Bonchev–Trinajstić information content (AvgIpc) is 3.21. The van der Waals surface area contributed by atoms with Gasteiger partial charge in [0.2, 0.25) is 0 Å². The fraction of sp³-hybridized carbons (Fsp3) is 0.267. The number of benzene rings is 2. The number of methoxy groups -OCH3 is 1. The lowest BCUT2D eigenvalue weighted by molar-refractivity contribution is -0.136. The van der Waals surface area contributed by atoms with E-state index in [1.165, 1.54) is 18.2 Å². The molecule has 4 rings (SSSR count). The highest BCUT2D eigenvalue weighted by molar-refractivity contribution is 6.16. The van der Waals surface area contributed by atoms with Gasteiger partial charge in [-0.15, -0.1) is 0 Å². The topological polar surface area (TPSA) is 51.5 Å². The fourth-order valence-corrected chi connectivity index (χ4v) is 4.86. The minimum Gasteiger partial charge on any atom is -0.465 e. The molecule has 0 N–H and O–H groups in total. The molecule has 1 aromatic heterocycles. The predicted octanol–water partition coefficient (Wildman–Crippen LogP) is 5.89. The Balaban J connectivity index is 1.78. The van der Waals surface area contributed by atoms with Crippen LogP contribution in [0.5, 0.6) is 0 Å². The summed E-state index contributed by atoms with van der Waals surface area (Å²) >= 11 is 0. The largest absolute Gasteiger partial charge is 0.465 e. The van der Waals surface area contributed by atoms with E-state index in [1.807, 2.05) is 44.2 Å². The molecule has 0 unspecified atom stereocenters. The third kappa shape index (κ3) is 4.59. The van der Waals surface area contributed by atoms with E-state index in [0.29, 0.717) is 23.4 Å². The summed E-state index contributed by atoms with van der Waals surface area (Å²) in [7, 11) is 1.35. The second-order valence-corrected chi connectivity index (χ2v) is 9.39. The first-order valence-corrected chi connectivity index (χ1v) is 11.8. The van der Waals surface area contributed by atoms with E-state index < -0.39 is 5.97 Å². The van der Waals surface area contributed by atoms with Gasteiger partial charge in [-0.1, -0.05) is 35.9 Å². The molecule has 0 saturated heterocycles. The quantitative estimate of drug-likeness (QED) is 0.346. The van der Waals surface area contributed by atoms with Crippen LogP contribution in [0.25, 0.3) is 11.8 Å². The number of carbonyl (C=O) groups is 2. The van der Waals surface area contributed by atoms with Crippen LogP contribution < -0.4 is 0 Å². The SMILES string of the molecule is COC(=O)C1=C(C)N(Cc2ccc(C)cc2)C(=O)/C1=C\c1cc(C)n(-c2cc(C)cc(C)c2)c1C. The molecule has 1 aliphatic rings. The third-order valence-corrected chi connectivity index (χ3v) is 6.60. The van der Waals surface area contributed by atoms with Crippen molar-refractivity contribution in [2.24, 2.45) is 0 Å². The smallest absolute Gasteiger partial charge is 0.340 e. The maximum Gasteiger partial charge on any atom is 0.340 e. The van der Waals surface area contributed by atoms with Crippen molar-refractivity contribution in [3.8, 4) is 5.69 Å². The molecule has 2 aromatic carbocycles. The van der Waals surface area contributed by atoms with Gasteiger partial charge in [0, 0.05) is 22.8 Å². The van der Waals surface area contributed by atoms with Crippen LogP contribution in [0.15, 0.2) is 65.4 Å². The fourth-order valence-electron chi connectivity index (χ4n) is 4.86. The molecule has 1 amide bonds. The molecule has 0 aliphatic carbocycles. The highest BCUT2D eigenvalue weighted by atomic mass is 16.5. The Morgan fingerprint density at radius 3 is 2.11 bits per heavy atom. The summed E-state index contributed by atoms with van der Waals surface area (Å²) in [5, 5.41) is 0. The van der Waals surface area contributed by atoms with Crippen LogP contribution in [0.2, 0.25) is 0 Å². The van der Waals surface area contributed by atoms with E-state index in [2.05, 4.69) is 49.6 Å². The minimum atomic E-state index is -0.503. The van der Waals surface area contributed by atoms with Gasteiger partial charge >= 0.3 is 5.97 Å². The summed E-state index contributed by atoms with van der Waals surface area (Å²) in [5.74, 6) is -0.698. The number of esters is 1. The summed E-state index contributed by atoms with van der Waals surface area (Å²) in [5.41, 5.74) is 9.88. The Labute approximate surface area is 207 Å². The first-order valence-electron chi connectivity index (χ1n) is 11.8. The van der Waals surface area contributed by atoms with Crippen LogP contribution in [0.4, 0.5) is 0 Å². The number of ether oxygens (including phenoxy) is 1. The molecule has 0 spiro atoms. The zero-order chi connectivity index (χ0) is 25.4. The molecule has 3 aromatic rings. The molecule has 0 atom stereocenters. The Hall–Kier alpha value is -3.86. The van der Waals surface area contributed by atoms with Crippen molar-refractivity contribution in [1.82, 2.24) is 9.47 Å². The molecular formula is C30H32N2O3.